The van der Waals surface area contributed by atoms with E-state index in [9.17, 15) is 10.0 Å². The summed E-state index contributed by atoms with van der Waals surface area (Å²) in [6, 6.07) is 12.4. The maximum absolute atomic E-state index is 14.3. The number of hydrogen-bond acceptors (Lipinski definition) is 8. The third-order valence-corrected chi connectivity index (χ3v) is 12.3. The second-order valence-corrected chi connectivity index (χ2v) is 18.2. The molecule has 0 spiro atoms. The number of hydroxylamine groups is 2. The smallest absolute Gasteiger partial charge is 0.316 e. The Labute approximate surface area is 366 Å². The number of ether oxygens (including phenoxy) is 6. The van der Waals surface area contributed by atoms with Crippen LogP contribution < -0.4 is 28.4 Å². The lowest BCUT2D eigenvalue weighted by Crippen LogP contribution is -2.48. The van der Waals surface area contributed by atoms with E-state index in [-0.39, 0.29) is 0 Å². The molecular weight excluding hydrogens is 767 g/mol. The number of carbonyl (C=O) groups excluding carboxylic acids is 1. The van der Waals surface area contributed by atoms with Crippen LogP contribution >= 0.6 is 0 Å². The summed E-state index contributed by atoms with van der Waals surface area (Å²) in [5.41, 5.74) is -1.65. The van der Waals surface area contributed by atoms with Crippen LogP contribution in [0.25, 0.3) is 32.3 Å². The Kier molecular flexibility index (Phi) is 18.1. The largest absolute Gasteiger partial charge is 0.490 e. The number of carbonyl (C=O) groups is 1. The van der Waals surface area contributed by atoms with Gasteiger partial charge in [0.2, 0.25) is 0 Å². The first kappa shape index (κ1) is 48.1. The van der Waals surface area contributed by atoms with E-state index >= 15 is 0 Å². The number of rotatable bonds is 27. The molecule has 0 N–H and O–H groups in total. The Bertz CT molecular complexity index is 1970. The van der Waals surface area contributed by atoms with E-state index in [1.165, 1.54) is 0 Å². The van der Waals surface area contributed by atoms with Crippen LogP contribution in [0.2, 0.25) is 0 Å². The van der Waals surface area contributed by atoms with E-state index in [4.69, 9.17) is 28.4 Å². The van der Waals surface area contributed by atoms with Gasteiger partial charge in [0.15, 0.2) is 34.5 Å². The third-order valence-electron chi connectivity index (χ3n) is 12.3. The molecule has 4 aromatic carbocycles. The van der Waals surface area contributed by atoms with Crippen LogP contribution in [0.5, 0.6) is 34.5 Å². The summed E-state index contributed by atoms with van der Waals surface area (Å²) in [7, 11) is 0. The van der Waals surface area contributed by atoms with E-state index in [1.54, 1.807) is 0 Å². The summed E-state index contributed by atoms with van der Waals surface area (Å²) in [5.74, 6) is 2.60. The van der Waals surface area contributed by atoms with Crippen LogP contribution in [-0.4, -0.2) is 55.1 Å². The molecule has 9 nitrogen and oxygen atoms in total. The Hall–Kier alpha value is -3.95. The van der Waals surface area contributed by atoms with Gasteiger partial charge in [-0.05, 0) is 135 Å². The molecule has 9 heteroatoms. The van der Waals surface area contributed by atoms with Gasteiger partial charge in [0.25, 0.3) is 0 Å². The van der Waals surface area contributed by atoms with Crippen LogP contribution in [0.3, 0.4) is 0 Å². The average molecular weight is 843 g/mol. The second kappa shape index (κ2) is 22.9. The Morgan fingerprint density at radius 2 is 0.738 bits per heavy atom. The van der Waals surface area contributed by atoms with Crippen molar-refractivity contribution in [2.45, 2.75) is 176 Å². The van der Waals surface area contributed by atoms with E-state index in [0.29, 0.717) is 68.2 Å². The Balaban J connectivity index is 1.78. The van der Waals surface area contributed by atoms with Gasteiger partial charge in [-0.3, -0.25) is 4.79 Å². The van der Waals surface area contributed by atoms with Crippen LogP contribution in [0.4, 0.5) is 0 Å². The average Bonchev–Trinajstić information content (AvgIpc) is 3.41. The molecule has 0 saturated carbocycles. The fraction of sp³-hybridized carbons (Fsp3) is 0.635. The maximum Gasteiger partial charge on any atom is 0.316 e. The maximum atomic E-state index is 14.3. The van der Waals surface area contributed by atoms with E-state index in [2.05, 4.69) is 58.9 Å². The molecule has 0 aromatic heterocycles. The minimum absolute atomic E-state index is 0.338. The molecule has 0 amide bonds. The van der Waals surface area contributed by atoms with Crippen molar-refractivity contribution in [2.75, 3.05) is 33.0 Å². The SMILES string of the molecule is CCCCCOc1cc2c3cc(OCCCCC)c(OCCCCC)cc3c3cc(OC(=O)C4CC(C)(C)N([O])C4(C)C)c(OCCCCC)cc3c2cc1OCCCCC. The number of nitrogens with zero attached hydrogens (tertiary/aromatic N) is 1. The Morgan fingerprint density at radius 1 is 0.475 bits per heavy atom. The van der Waals surface area contributed by atoms with Gasteiger partial charge in [0.05, 0.1) is 44.5 Å². The summed E-state index contributed by atoms with van der Waals surface area (Å²) in [6.45, 7) is 21.2. The van der Waals surface area contributed by atoms with Crippen molar-refractivity contribution in [3.63, 3.8) is 0 Å². The van der Waals surface area contributed by atoms with Crippen molar-refractivity contribution in [2.24, 2.45) is 5.92 Å². The molecule has 5 rings (SSSR count). The van der Waals surface area contributed by atoms with Gasteiger partial charge < -0.3 is 28.4 Å². The zero-order chi connectivity index (χ0) is 44.0. The summed E-state index contributed by atoms with van der Waals surface area (Å²) >= 11 is 0. The molecule has 1 aliphatic rings. The molecule has 1 aliphatic heterocycles. The van der Waals surface area contributed by atoms with Gasteiger partial charge in [-0.2, -0.15) is 0 Å². The summed E-state index contributed by atoms with van der Waals surface area (Å²) < 4.78 is 39.1. The highest BCUT2D eigenvalue weighted by molar-refractivity contribution is 6.27. The predicted octanol–water partition coefficient (Wildman–Crippen LogP) is 14.1. The fourth-order valence-electron chi connectivity index (χ4n) is 8.64. The molecule has 1 atom stereocenters. The number of esters is 1. The number of unbranched alkanes of at least 4 members (excludes halogenated alkanes) is 10. The molecule has 0 aliphatic carbocycles. The molecular formula is C52H76NO8. The molecule has 1 radical (unpaired) electrons. The zero-order valence-corrected chi connectivity index (χ0v) is 39.1. The highest BCUT2D eigenvalue weighted by atomic mass is 16.6. The van der Waals surface area contributed by atoms with Gasteiger partial charge in [0, 0.05) is 5.54 Å². The molecule has 1 saturated heterocycles. The molecule has 337 valence electrons. The van der Waals surface area contributed by atoms with Crippen LogP contribution in [0.1, 0.15) is 165 Å². The predicted molar refractivity (Wildman–Crippen MR) is 248 cm³/mol. The standard InChI is InChI=1S/C52H76NO8/c1-10-15-20-25-56-44-30-37-38-31-45(57-26-21-16-11-2)47(59-28-23-18-13-4)33-40(38)42-35-49(61-50(54)43-36-51(6,7)53(55)52(43,8)9)48(60-29-24-19-14-5)34-41(42)39(37)32-46(44)58-27-22-17-12-3/h30-35,43H,10-29,36H2,1-9H3. The minimum atomic E-state index is -0.941. The zero-order valence-electron chi connectivity index (χ0n) is 39.1. The highest BCUT2D eigenvalue weighted by Gasteiger charge is 2.56. The summed E-state index contributed by atoms with van der Waals surface area (Å²) in [5, 5.41) is 20.1. The van der Waals surface area contributed by atoms with E-state index in [0.717, 1.165) is 139 Å². The van der Waals surface area contributed by atoms with Crippen molar-refractivity contribution in [1.82, 2.24) is 5.06 Å². The second-order valence-electron chi connectivity index (χ2n) is 18.2. The number of hydrogen-bond donors (Lipinski definition) is 0. The first-order valence-electron chi connectivity index (χ1n) is 23.8. The van der Waals surface area contributed by atoms with Gasteiger partial charge in [-0.1, -0.05) is 98.8 Å². The first-order valence-corrected chi connectivity index (χ1v) is 23.8. The normalized spacial score (nSPS) is 16.1. The van der Waals surface area contributed by atoms with E-state index < -0.39 is 23.0 Å². The van der Waals surface area contributed by atoms with Gasteiger partial charge in [-0.25, -0.2) is 0 Å². The van der Waals surface area contributed by atoms with Crippen molar-refractivity contribution in [3.05, 3.63) is 36.4 Å². The number of benzene rings is 4. The Morgan fingerprint density at radius 3 is 0.984 bits per heavy atom. The molecule has 1 fully saturated rings. The van der Waals surface area contributed by atoms with Gasteiger partial charge in [-0.15, -0.1) is 10.3 Å². The van der Waals surface area contributed by atoms with Crippen LogP contribution in [-0.2, 0) is 10.0 Å². The minimum Gasteiger partial charge on any atom is -0.490 e. The summed E-state index contributed by atoms with van der Waals surface area (Å²) in [6.07, 6.45) is 15.9. The van der Waals surface area contributed by atoms with E-state index in [1.807, 2.05) is 39.8 Å². The third kappa shape index (κ3) is 12.0. The highest BCUT2D eigenvalue weighted by Crippen LogP contribution is 2.49. The van der Waals surface area contributed by atoms with Crippen LogP contribution in [0.15, 0.2) is 36.4 Å². The van der Waals surface area contributed by atoms with Crippen molar-refractivity contribution < 1.29 is 38.4 Å². The monoisotopic (exact) mass is 843 g/mol. The molecule has 1 heterocycles. The lowest BCUT2D eigenvalue weighted by Gasteiger charge is -2.33. The van der Waals surface area contributed by atoms with Gasteiger partial charge >= 0.3 is 5.97 Å². The molecule has 61 heavy (non-hydrogen) atoms. The topological polar surface area (TPSA) is 95.6 Å². The van der Waals surface area contributed by atoms with Gasteiger partial charge in [0.1, 0.15) is 0 Å². The molecule has 1 unspecified atom stereocenters. The molecule has 0 bridgehead atoms. The van der Waals surface area contributed by atoms with Crippen LogP contribution in [0, 0.1) is 5.92 Å². The first-order chi connectivity index (χ1) is 29.4. The fourth-order valence-corrected chi connectivity index (χ4v) is 8.64. The lowest BCUT2D eigenvalue weighted by atomic mass is 9.87. The van der Waals surface area contributed by atoms with Crippen molar-refractivity contribution in [3.8, 4) is 34.5 Å². The summed E-state index contributed by atoms with van der Waals surface area (Å²) in [4.78, 5) is 14.3. The lowest BCUT2D eigenvalue weighted by molar-refractivity contribution is -0.248. The van der Waals surface area contributed by atoms with Crippen molar-refractivity contribution in [1.29, 1.82) is 0 Å². The quantitative estimate of drug-likeness (QED) is 0.0253. The van der Waals surface area contributed by atoms with Crippen molar-refractivity contribution >= 4 is 38.3 Å². The molecule has 4 aromatic rings. The number of fused-ring (bicyclic) bond motifs is 6.